The zero-order valence-corrected chi connectivity index (χ0v) is 9.92. The predicted octanol–water partition coefficient (Wildman–Crippen LogP) is 0.818. The van der Waals surface area contributed by atoms with Crippen LogP contribution in [0.3, 0.4) is 0 Å². The Morgan fingerprint density at radius 3 is 2.94 bits per heavy atom. The van der Waals surface area contributed by atoms with Gasteiger partial charge in [0.25, 0.3) is 5.89 Å². The first kappa shape index (κ1) is 11.5. The molecule has 0 amide bonds. The van der Waals surface area contributed by atoms with Crippen LogP contribution in [0.25, 0.3) is 11.5 Å². The second-order valence-corrected chi connectivity index (χ2v) is 4.03. The monoisotopic (exact) mass is 233 g/mol. The van der Waals surface area contributed by atoms with Crippen LogP contribution in [0.5, 0.6) is 0 Å². The largest absolute Gasteiger partial charge is 0.397 e. The number of nitrogens with two attached hydrogens (primary N) is 1. The van der Waals surface area contributed by atoms with Gasteiger partial charge in [-0.2, -0.15) is 4.98 Å². The maximum atomic E-state index is 5.79. The number of aromatic nitrogens is 3. The Kier molecular flexibility index (Phi) is 3.34. The van der Waals surface area contributed by atoms with Crippen LogP contribution in [0, 0.1) is 0 Å². The number of nitrogens with zero attached hydrogens (tertiary/aromatic N) is 4. The van der Waals surface area contributed by atoms with Crippen molar-refractivity contribution in [3.05, 3.63) is 24.3 Å². The van der Waals surface area contributed by atoms with Crippen LogP contribution in [0.4, 0.5) is 5.69 Å². The first-order chi connectivity index (χ1) is 8.16. The highest BCUT2D eigenvalue weighted by molar-refractivity contribution is 5.68. The van der Waals surface area contributed by atoms with Gasteiger partial charge in [0.2, 0.25) is 0 Å². The molecule has 0 atom stereocenters. The van der Waals surface area contributed by atoms with Crippen molar-refractivity contribution in [3.8, 4) is 11.5 Å². The van der Waals surface area contributed by atoms with E-state index >= 15 is 0 Å². The van der Waals surface area contributed by atoms with Gasteiger partial charge in [0.05, 0.1) is 17.4 Å². The minimum atomic E-state index is 0.443. The summed E-state index contributed by atoms with van der Waals surface area (Å²) in [5.74, 6) is 1.13. The normalized spacial score (nSPS) is 11.0. The number of pyridine rings is 1. The minimum absolute atomic E-state index is 0.443. The minimum Gasteiger partial charge on any atom is -0.397 e. The van der Waals surface area contributed by atoms with Crippen molar-refractivity contribution < 1.29 is 4.52 Å². The summed E-state index contributed by atoms with van der Waals surface area (Å²) in [5.41, 5.74) is 7.05. The fourth-order valence-electron chi connectivity index (χ4n) is 1.39. The summed E-state index contributed by atoms with van der Waals surface area (Å²) in [7, 11) is 4.00. The predicted molar refractivity (Wildman–Crippen MR) is 64.2 cm³/mol. The Balaban J connectivity index is 2.16. The number of rotatable bonds is 4. The van der Waals surface area contributed by atoms with Crippen molar-refractivity contribution in [3.63, 3.8) is 0 Å². The SMILES string of the molecule is CN(C)CCc1noc(-c2ccncc2N)n1. The van der Waals surface area contributed by atoms with Crippen molar-refractivity contribution in [1.29, 1.82) is 0 Å². The maximum absolute atomic E-state index is 5.79. The van der Waals surface area contributed by atoms with E-state index in [9.17, 15) is 0 Å². The van der Waals surface area contributed by atoms with Crippen LogP contribution in [0.15, 0.2) is 23.0 Å². The zero-order valence-electron chi connectivity index (χ0n) is 9.92. The van der Waals surface area contributed by atoms with Gasteiger partial charge >= 0.3 is 0 Å². The lowest BCUT2D eigenvalue weighted by Crippen LogP contribution is -2.15. The molecule has 2 rings (SSSR count). The molecule has 0 aliphatic carbocycles. The molecular formula is C11H15N5O. The smallest absolute Gasteiger partial charge is 0.260 e. The van der Waals surface area contributed by atoms with E-state index in [2.05, 4.69) is 20.0 Å². The van der Waals surface area contributed by atoms with Gasteiger partial charge in [-0.25, -0.2) is 0 Å². The van der Waals surface area contributed by atoms with Crippen molar-refractivity contribution in [2.75, 3.05) is 26.4 Å². The number of likely N-dealkylation sites (N-methyl/N-ethyl adjacent to an activating group) is 1. The van der Waals surface area contributed by atoms with E-state index in [0.29, 0.717) is 17.4 Å². The lowest BCUT2D eigenvalue weighted by Gasteiger charge is -2.05. The zero-order chi connectivity index (χ0) is 12.3. The topological polar surface area (TPSA) is 81.1 Å². The summed E-state index contributed by atoms with van der Waals surface area (Å²) in [5, 5.41) is 3.92. The Hall–Kier alpha value is -1.95. The highest BCUT2D eigenvalue weighted by Gasteiger charge is 2.11. The summed E-state index contributed by atoms with van der Waals surface area (Å²) in [4.78, 5) is 10.3. The van der Waals surface area contributed by atoms with E-state index in [1.165, 1.54) is 0 Å². The summed E-state index contributed by atoms with van der Waals surface area (Å²) in [6.45, 7) is 0.880. The molecule has 17 heavy (non-hydrogen) atoms. The van der Waals surface area contributed by atoms with Crippen LogP contribution in [-0.4, -0.2) is 40.7 Å². The third-order valence-electron chi connectivity index (χ3n) is 2.33. The van der Waals surface area contributed by atoms with Crippen LogP contribution in [0.1, 0.15) is 5.82 Å². The lowest BCUT2D eigenvalue weighted by atomic mass is 10.2. The van der Waals surface area contributed by atoms with Crippen molar-refractivity contribution in [2.45, 2.75) is 6.42 Å². The van der Waals surface area contributed by atoms with E-state index in [1.54, 1.807) is 18.5 Å². The second-order valence-electron chi connectivity index (χ2n) is 4.03. The summed E-state index contributed by atoms with van der Waals surface area (Å²) >= 11 is 0. The van der Waals surface area contributed by atoms with Crippen molar-refractivity contribution >= 4 is 5.69 Å². The van der Waals surface area contributed by atoms with Gasteiger partial charge in [0.15, 0.2) is 5.82 Å². The molecule has 0 radical (unpaired) electrons. The fourth-order valence-corrected chi connectivity index (χ4v) is 1.39. The van der Waals surface area contributed by atoms with Crippen LogP contribution in [0.2, 0.25) is 0 Å². The number of hydrogen-bond acceptors (Lipinski definition) is 6. The molecular weight excluding hydrogens is 218 g/mol. The molecule has 2 heterocycles. The summed E-state index contributed by atoms with van der Waals surface area (Å²) in [6, 6.07) is 1.76. The number of anilines is 1. The van der Waals surface area contributed by atoms with Crippen LogP contribution >= 0.6 is 0 Å². The quantitative estimate of drug-likeness (QED) is 0.842. The van der Waals surface area contributed by atoms with E-state index in [-0.39, 0.29) is 0 Å². The highest BCUT2D eigenvalue weighted by Crippen LogP contribution is 2.22. The first-order valence-electron chi connectivity index (χ1n) is 5.34. The average Bonchev–Trinajstić information content (AvgIpc) is 2.75. The molecule has 0 spiro atoms. The van der Waals surface area contributed by atoms with E-state index in [1.807, 2.05) is 14.1 Å². The highest BCUT2D eigenvalue weighted by atomic mass is 16.5. The second kappa shape index (κ2) is 4.92. The van der Waals surface area contributed by atoms with E-state index in [0.717, 1.165) is 18.5 Å². The summed E-state index contributed by atoms with van der Waals surface area (Å²) < 4.78 is 5.18. The molecule has 0 aliphatic heterocycles. The van der Waals surface area contributed by atoms with Crippen molar-refractivity contribution in [1.82, 2.24) is 20.0 Å². The third-order valence-corrected chi connectivity index (χ3v) is 2.33. The third kappa shape index (κ3) is 2.79. The molecule has 0 unspecified atom stereocenters. The van der Waals surface area contributed by atoms with E-state index in [4.69, 9.17) is 10.3 Å². The van der Waals surface area contributed by atoms with Gasteiger partial charge < -0.3 is 15.2 Å². The Morgan fingerprint density at radius 2 is 2.24 bits per heavy atom. The number of hydrogen-bond donors (Lipinski definition) is 1. The molecule has 0 aromatic carbocycles. The molecule has 2 aromatic rings. The number of nitrogen functional groups attached to an aromatic ring is 1. The Bertz CT molecular complexity index is 494. The van der Waals surface area contributed by atoms with Gasteiger partial charge in [-0.15, -0.1) is 0 Å². The maximum Gasteiger partial charge on any atom is 0.260 e. The van der Waals surface area contributed by atoms with Crippen LogP contribution < -0.4 is 5.73 Å². The Morgan fingerprint density at radius 1 is 1.41 bits per heavy atom. The summed E-state index contributed by atoms with van der Waals surface area (Å²) in [6.07, 6.45) is 3.97. The van der Waals surface area contributed by atoms with Gasteiger partial charge in [-0.3, -0.25) is 4.98 Å². The molecule has 6 heteroatoms. The molecule has 0 saturated carbocycles. The molecule has 90 valence electrons. The van der Waals surface area contributed by atoms with Gasteiger partial charge in [-0.1, -0.05) is 5.16 Å². The van der Waals surface area contributed by atoms with Gasteiger partial charge in [0, 0.05) is 19.2 Å². The van der Waals surface area contributed by atoms with Crippen LogP contribution in [-0.2, 0) is 6.42 Å². The fraction of sp³-hybridized carbons (Fsp3) is 0.364. The first-order valence-corrected chi connectivity index (χ1v) is 5.34. The standard InChI is InChI=1S/C11H15N5O/c1-16(2)6-4-10-14-11(17-15-10)8-3-5-13-7-9(8)12/h3,5,7H,4,6,12H2,1-2H3. The molecule has 2 N–H and O–H groups in total. The molecule has 0 bridgehead atoms. The lowest BCUT2D eigenvalue weighted by molar-refractivity contribution is 0.392. The Labute approximate surface area is 99.5 Å². The van der Waals surface area contributed by atoms with Crippen molar-refractivity contribution in [2.24, 2.45) is 0 Å². The molecule has 0 aliphatic rings. The average molecular weight is 233 g/mol. The molecule has 2 aromatic heterocycles. The molecule has 6 nitrogen and oxygen atoms in total. The molecule has 0 saturated heterocycles. The van der Waals surface area contributed by atoms with E-state index < -0.39 is 0 Å². The van der Waals surface area contributed by atoms with Gasteiger partial charge in [0.1, 0.15) is 0 Å². The molecule has 0 fully saturated rings. The van der Waals surface area contributed by atoms with Gasteiger partial charge in [-0.05, 0) is 20.2 Å².